The second-order valence-corrected chi connectivity index (χ2v) is 9.05. The van der Waals surface area contributed by atoms with Gasteiger partial charge >= 0.3 is 0 Å². The van der Waals surface area contributed by atoms with E-state index in [1.807, 2.05) is 0 Å². The standard InChI is InChI=1S/C20H22ClN5O3S/c1-29-13-12-25-11-5-8-18-20(25)22-24-26(18)19-14-15(21)9-10-17(19)23-30(27,28)16-6-3-2-4-7-16/h2-4,6-7,9-10,14,23H,5,8,11-13H2,1H3. The summed E-state index contributed by atoms with van der Waals surface area (Å²) < 4.78 is 35.2. The van der Waals surface area contributed by atoms with Gasteiger partial charge in [-0.15, -0.1) is 5.10 Å². The number of nitrogens with one attached hydrogen (secondary N) is 1. The van der Waals surface area contributed by atoms with Crippen LogP contribution in [0.3, 0.4) is 0 Å². The van der Waals surface area contributed by atoms with Gasteiger partial charge in [0.25, 0.3) is 10.0 Å². The monoisotopic (exact) mass is 447 g/mol. The molecule has 4 rings (SSSR count). The molecule has 30 heavy (non-hydrogen) atoms. The van der Waals surface area contributed by atoms with Crippen molar-refractivity contribution < 1.29 is 13.2 Å². The zero-order valence-electron chi connectivity index (χ0n) is 16.5. The summed E-state index contributed by atoms with van der Waals surface area (Å²) in [5, 5.41) is 9.15. The third kappa shape index (κ3) is 4.14. The molecule has 3 aromatic rings. The number of hydrogen-bond donors (Lipinski definition) is 1. The van der Waals surface area contributed by atoms with Gasteiger partial charge in [0.1, 0.15) is 0 Å². The van der Waals surface area contributed by atoms with Crippen molar-refractivity contribution in [2.75, 3.05) is 36.4 Å². The van der Waals surface area contributed by atoms with Crippen LogP contribution < -0.4 is 9.62 Å². The normalized spacial score (nSPS) is 13.9. The number of hydrogen-bond acceptors (Lipinski definition) is 6. The molecule has 0 spiro atoms. The first-order chi connectivity index (χ1) is 14.5. The highest BCUT2D eigenvalue weighted by molar-refractivity contribution is 7.92. The number of aromatic nitrogens is 3. The first-order valence-corrected chi connectivity index (χ1v) is 11.4. The summed E-state index contributed by atoms with van der Waals surface area (Å²) in [4.78, 5) is 2.31. The molecule has 0 radical (unpaired) electrons. The number of fused-ring (bicyclic) bond motifs is 1. The van der Waals surface area contributed by atoms with E-state index in [0.29, 0.717) is 29.5 Å². The van der Waals surface area contributed by atoms with E-state index < -0.39 is 10.0 Å². The van der Waals surface area contributed by atoms with Crippen LogP contribution in [0.4, 0.5) is 11.5 Å². The number of nitrogens with zero attached hydrogens (tertiary/aromatic N) is 4. The Labute approximate surface area is 180 Å². The molecule has 8 nitrogen and oxygen atoms in total. The summed E-state index contributed by atoms with van der Waals surface area (Å²) in [6.07, 6.45) is 1.72. The van der Waals surface area contributed by atoms with Crippen molar-refractivity contribution in [3.8, 4) is 5.69 Å². The van der Waals surface area contributed by atoms with Gasteiger partial charge in [-0.05, 0) is 43.2 Å². The van der Waals surface area contributed by atoms with Gasteiger partial charge < -0.3 is 9.64 Å². The van der Waals surface area contributed by atoms with Crippen LogP contribution in [0, 0.1) is 0 Å². The molecule has 0 amide bonds. The highest BCUT2D eigenvalue weighted by Gasteiger charge is 2.26. The minimum Gasteiger partial charge on any atom is -0.383 e. The minimum atomic E-state index is -3.77. The summed E-state index contributed by atoms with van der Waals surface area (Å²) in [6.45, 7) is 2.18. The highest BCUT2D eigenvalue weighted by Crippen LogP contribution is 2.32. The molecule has 1 aromatic heterocycles. The Balaban J connectivity index is 1.73. The predicted octanol–water partition coefficient (Wildman–Crippen LogP) is 3.12. The molecular weight excluding hydrogens is 426 g/mol. The van der Waals surface area contributed by atoms with Crippen LogP contribution in [0.1, 0.15) is 12.1 Å². The molecule has 0 atom stereocenters. The molecule has 1 aliphatic heterocycles. The van der Waals surface area contributed by atoms with Gasteiger partial charge in [0.15, 0.2) is 5.82 Å². The van der Waals surface area contributed by atoms with Gasteiger partial charge in [0.05, 0.1) is 28.6 Å². The summed E-state index contributed by atoms with van der Waals surface area (Å²) in [5.41, 5.74) is 1.83. The van der Waals surface area contributed by atoms with Gasteiger partial charge in [0.2, 0.25) is 0 Å². The lowest BCUT2D eigenvalue weighted by molar-refractivity contribution is 0.204. The Morgan fingerprint density at radius 1 is 1.20 bits per heavy atom. The molecule has 1 aliphatic rings. The van der Waals surface area contributed by atoms with Gasteiger partial charge in [0, 0.05) is 25.2 Å². The molecule has 0 fully saturated rings. The number of methoxy groups -OCH3 is 1. The summed E-state index contributed by atoms with van der Waals surface area (Å²) >= 11 is 6.24. The molecule has 10 heteroatoms. The van der Waals surface area contributed by atoms with Gasteiger partial charge in [-0.3, -0.25) is 4.72 Å². The largest absolute Gasteiger partial charge is 0.383 e. The van der Waals surface area contributed by atoms with Gasteiger partial charge in [-0.25, -0.2) is 13.1 Å². The Morgan fingerprint density at radius 2 is 2.00 bits per heavy atom. The van der Waals surface area contributed by atoms with E-state index in [9.17, 15) is 8.42 Å². The average molecular weight is 448 g/mol. The molecule has 158 valence electrons. The quantitative estimate of drug-likeness (QED) is 0.598. The molecule has 0 bridgehead atoms. The fourth-order valence-electron chi connectivity index (χ4n) is 3.48. The topological polar surface area (TPSA) is 89.3 Å². The van der Waals surface area contributed by atoms with Crippen molar-refractivity contribution in [3.63, 3.8) is 0 Å². The maximum atomic E-state index is 12.9. The fourth-order valence-corrected chi connectivity index (χ4v) is 4.74. The Hall–Kier alpha value is -2.62. The Kier molecular flexibility index (Phi) is 5.94. The smallest absolute Gasteiger partial charge is 0.261 e. The molecule has 2 aromatic carbocycles. The second kappa shape index (κ2) is 8.63. The minimum absolute atomic E-state index is 0.178. The van der Waals surface area contributed by atoms with E-state index >= 15 is 0 Å². The average Bonchev–Trinajstić information content (AvgIpc) is 3.18. The highest BCUT2D eigenvalue weighted by atomic mass is 35.5. The lowest BCUT2D eigenvalue weighted by Crippen LogP contribution is -2.32. The van der Waals surface area contributed by atoms with Crippen molar-refractivity contribution in [1.29, 1.82) is 0 Å². The van der Waals surface area contributed by atoms with Crippen LogP contribution >= 0.6 is 11.6 Å². The maximum absolute atomic E-state index is 12.9. The summed E-state index contributed by atoms with van der Waals surface area (Å²) in [5.74, 6) is 0.787. The van der Waals surface area contributed by atoms with E-state index in [-0.39, 0.29) is 4.90 Å². The maximum Gasteiger partial charge on any atom is 0.261 e. The van der Waals surface area contributed by atoms with E-state index in [1.54, 1.807) is 60.3 Å². The van der Waals surface area contributed by atoms with E-state index in [4.69, 9.17) is 16.3 Å². The lowest BCUT2D eigenvalue weighted by Gasteiger charge is -2.27. The van der Waals surface area contributed by atoms with Crippen molar-refractivity contribution in [1.82, 2.24) is 15.0 Å². The van der Waals surface area contributed by atoms with E-state index in [1.165, 1.54) is 0 Å². The molecule has 2 heterocycles. The Morgan fingerprint density at radius 3 is 2.77 bits per heavy atom. The first kappa shape index (κ1) is 20.6. The van der Waals surface area contributed by atoms with Crippen molar-refractivity contribution >= 4 is 33.1 Å². The Bertz CT molecular complexity index is 1130. The molecule has 0 unspecified atom stereocenters. The zero-order valence-corrected chi connectivity index (χ0v) is 18.0. The van der Waals surface area contributed by atoms with E-state index in [2.05, 4.69) is 19.9 Å². The van der Waals surface area contributed by atoms with Crippen LogP contribution in [0.15, 0.2) is 53.4 Å². The van der Waals surface area contributed by atoms with Crippen LogP contribution in [-0.2, 0) is 21.2 Å². The third-order valence-corrected chi connectivity index (χ3v) is 6.55. The van der Waals surface area contributed by atoms with Gasteiger partial charge in [-0.1, -0.05) is 35.0 Å². The lowest BCUT2D eigenvalue weighted by atomic mass is 10.1. The predicted molar refractivity (Wildman–Crippen MR) is 116 cm³/mol. The van der Waals surface area contributed by atoms with E-state index in [0.717, 1.165) is 30.9 Å². The fraction of sp³-hybridized carbons (Fsp3) is 0.300. The van der Waals surface area contributed by atoms with Crippen molar-refractivity contribution in [3.05, 3.63) is 59.2 Å². The molecule has 1 N–H and O–H groups in total. The van der Waals surface area contributed by atoms with Crippen LogP contribution in [0.25, 0.3) is 5.69 Å². The summed E-state index contributed by atoms with van der Waals surface area (Å²) in [6, 6.07) is 13.2. The van der Waals surface area contributed by atoms with Crippen molar-refractivity contribution in [2.24, 2.45) is 0 Å². The van der Waals surface area contributed by atoms with Gasteiger partial charge in [-0.2, -0.15) is 0 Å². The molecule has 0 saturated heterocycles. The van der Waals surface area contributed by atoms with Crippen molar-refractivity contribution in [2.45, 2.75) is 17.7 Å². The number of ether oxygens (including phenoxy) is 1. The van der Waals surface area contributed by atoms with Crippen LogP contribution in [0.2, 0.25) is 5.02 Å². The number of benzene rings is 2. The first-order valence-electron chi connectivity index (χ1n) is 9.56. The third-order valence-electron chi connectivity index (χ3n) is 4.93. The van der Waals surface area contributed by atoms with Crippen LogP contribution in [0.5, 0.6) is 0 Å². The molecular formula is C20H22ClN5O3S. The summed E-state index contributed by atoms with van der Waals surface area (Å²) in [7, 11) is -2.10. The number of rotatable bonds is 7. The number of sulfonamides is 1. The van der Waals surface area contributed by atoms with Crippen LogP contribution in [-0.4, -0.2) is 50.2 Å². The SMILES string of the molecule is COCCN1CCCc2c1nnn2-c1cc(Cl)ccc1NS(=O)(=O)c1ccccc1. The number of halogens is 1. The molecule has 0 aliphatic carbocycles. The number of anilines is 2. The molecule has 0 saturated carbocycles. The second-order valence-electron chi connectivity index (χ2n) is 6.93. The zero-order chi connectivity index (χ0) is 21.1.